The lowest BCUT2D eigenvalue weighted by molar-refractivity contribution is -0.124. The van der Waals surface area contributed by atoms with Crippen molar-refractivity contribution >= 4 is 17.5 Å². The molecule has 0 aliphatic heterocycles. The summed E-state index contributed by atoms with van der Waals surface area (Å²) in [4.78, 5) is 16.5. The van der Waals surface area contributed by atoms with Gasteiger partial charge in [-0.25, -0.2) is 4.98 Å². The van der Waals surface area contributed by atoms with E-state index in [2.05, 4.69) is 10.3 Å². The van der Waals surface area contributed by atoms with Crippen LogP contribution in [0.25, 0.3) is 0 Å². The van der Waals surface area contributed by atoms with Crippen molar-refractivity contribution in [3.8, 4) is 0 Å². The van der Waals surface area contributed by atoms with E-state index in [9.17, 15) is 4.79 Å². The summed E-state index contributed by atoms with van der Waals surface area (Å²) in [5.74, 6) is 0.791. The molecular weight excluding hydrogens is 274 g/mol. The topological polar surface area (TPSA) is 46.9 Å². The molecule has 0 saturated heterocycles. The fourth-order valence-electron chi connectivity index (χ4n) is 1.95. The van der Waals surface area contributed by atoms with Gasteiger partial charge >= 0.3 is 0 Å². The Balaban J connectivity index is 2.31. The minimum absolute atomic E-state index is 0.0724. The van der Waals surface area contributed by atoms with Crippen LogP contribution in [0.3, 0.4) is 0 Å². The molecule has 0 bridgehead atoms. The smallest absolute Gasteiger partial charge is 0.224 e. The van der Waals surface area contributed by atoms with Crippen LogP contribution in [0.4, 0.5) is 0 Å². The van der Waals surface area contributed by atoms with Gasteiger partial charge < -0.3 is 9.88 Å². The Kier molecular flexibility index (Phi) is 4.79. The molecule has 2 atom stereocenters. The molecule has 0 aliphatic rings. The zero-order valence-corrected chi connectivity index (χ0v) is 12.3. The molecule has 1 aromatic heterocycles. The van der Waals surface area contributed by atoms with Crippen molar-refractivity contribution in [3.63, 3.8) is 0 Å². The Morgan fingerprint density at radius 1 is 1.40 bits per heavy atom. The van der Waals surface area contributed by atoms with Gasteiger partial charge in [-0.3, -0.25) is 4.79 Å². The molecule has 2 unspecified atom stereocenters. The molecule has 1 heterocycles. The number of carbonyl (C=O) groups excluding carboxylic acids is 1. The Hall–Kier alpha value is -1.81. The average Bonchev–Trinajstić information content (AvgIpc) is 2.90. The standard InChI is InChI=1S/C15H18ClN3O/c1-11(10-16)15(20)18-13(12-6-4-3-5-7-12)14-17-8-9-19(14)2/h3-9,11,13H,10H2,1-2H3,(H,18,20). The predicted octanol–water partition coefficient (Wildman–Crippen LogP) is 2.50. The summed E-state index contributed by atoms with van der Waals surface area (Å²) in [5.41, 5.74) is 0.997. The maximum atomic E-state index is 12.1. The highest BCUT2D eigenvalue weighted by atomic mass is 35.5. The molecule has 0 radical (unpaired) electrons. The number of nitrogens with one attached hydrogen (secondary N) is 1. The van der Waals surface area contributed by atoms with E-state index >= 15 is 0 Å². The summed E-state index contributed by atoms with van der Waals surface area (Å²) in [6.07, 6.45) is 3.59. The molecule has 5 heteroatoms. The maximum Gasteiger partial charge on any atom is 0.224 e. The Morgan fingerprint density at radius 3 is 2.65 bits per heavy atom. The number of hydrogen-bond donors (Lipinski definition) is 1. The highest BCUT2D eigenvalue weighted by Crippen LogP contribution is 2.20. The number of imidazole rings is 1. The number of hydrogen-bond acceptors (Lipinski definition) is 2. The van der Waals surface area contributed by atoms with Crippen molar-refractivity contribution in [1.29, 1.82) is 0 Å². The average molecular weight is 292 g/mol. The summed E-state index contributed by atoms with van der Waals surface area (Å²) in [7, 11) is 1.91. The quantitative estimate of drug-likeness (QED) is 0.861. The summed E-state index contributed by atoms with van der Waals surface area (Å²) in [5, 5.41) is 3.02. The fourth-order valence-corrected chi connectivity index (χ4v) is 2.09. The molecule has 106 valence electrons. The van der Waals surface area contributed by atoms with Crippen LogP contribution >= 0.6 is 11.6 Å². The highest BCUT2D eigenvalue weighted by Gasteiger charge is 2.22. The van der Waals surface area contributed by atoms with Gasteiger partial charge in [-0.05, 0) is 5.56 Å². The lowest BCUT2D eigenvalue weighted by Crippen LogP contribution is -2.35. The van der Waals surface area contributed by atoms with Gasteiger partial charge in [0.25, 0.3) is 0 Å². The summed E-state index contributed by atoms with van der Waals surface area (Å²) >= 11 is 5.75. The number of nitrogens with zero attached hydrogens (tertiary/aromatic N) is 2. The van der Waals surface area contributed by atoms with Gasteiger partial charge in [-0.15, -0.1) is 11.6 Å². The second-order valence-corrected chi connectivity index (χ2v) is 5.11. The largest absolute Gasteiger partial charge is 0.342 e. The first kappa shape index (κ1) is 14.6. The molecular formula is C15H18ClN3O. The fraction of sp³-hybridized carbons (Fsp3) is 0.333. The molecule has 2 aromatic rings. The molecule has 1 aromatic carbocycles. The van der Waals surface area contributed by atoms with Crippen molar-refractivity contribution in [1.82, 2.24) is 14.9 Å². The number of halogens is 1. The number of aromatic nitrogens is 2. The molecule has 1 N–H and O–H groups in total. The maximum absolute atomic E-state index is 12.1. The lowest BCUT2D eigenvalue weighted by Gasteiger charge is -2.20. The van der Waals surface area contributed by atoms with E-state index in [0.29, 0.717) is 5.88 Å². The third-order valence-corrected chi connectivity index (χ3v) is 3.68. The van der Waals surface area contributed by atoms with Gasteiger partial charge in [0.2, 0.25) is 5.91 Å². The molecule has 1 amide bonds. The number of aryl methyl sites for hydroxylation is 1. The van der Waals surface area contributed by atoms with Crippen LogP contribution in [0.2, 0.25) is 0 Å². The Bertz CT molecular complexity index is 568. The van der Waals surface area contributed by atoms with E-state index in [1.54, 1.807) is 6.20 Å². The predicted molar refractivity (Wildman–Crippen MR) is 79.5 cm³/mol. The summed E-state index contributed by atoms with van der Waals surface area (Å²) in [6, 6.07) is 9.53. The molecule has 0 fully saturated rings. The van der Waals surface area contributed by atoms with Crippen molar-refractivity contribution in [2.75, 3.05) is 5.88 Å². The van der Waals surface area contributed by atoms with Crippen LogP contribution in [0.15, 0.2) is 42.7 Å². The second kappa shape index (κ2) is 6.57. The molecule has 4 nitrogen and oxygen atoms in total. The van der Waals surface area contributed by atoms with Crippen LogP contribution < -0.4 is 5.32 Å². The van der Waals surface area contributed by atoms with Crippen molar-refractivity contribution in [3.05, 3.63) is 54.1 Å². The van der Waals surface area contributed by atoms with Crippen LogP contribution in [-0.4, -0.2) is 21.3 Å². The van der Waals surface area contributed by atoms with Gasteiger partial charge in [-0.1, -0.05) is 37.3 Å². The monoisotopic (exact) mass is 291 g/mol. The zero-order valence-electron chi connectivity index (χ0n) is 11.6. The number of alkyl halides is 1. The van der Waals surface area contributed by atoms with E-state index in [-0.39, 0.29) is 17.9 Å². The second-order valence-electron chi connectivity index (χ2n) is 4.80. The SMILES string of the molecule is CC(CCl)C(=O)NC(c1ccccc1)c1nccn1C. The first-order valence-electron chi connectivity index (χ1n) is 6.52. The number of amides is 1. The van der Waals surface area contributed by atoms with E-state index in [1.165, 1.54) is 0 Å². The first-order valence-corrected chi connectivity index (χ1v) is 7.05. The molecule has 2 rings (SSSR count). The first-order chi connectivity index (χ1) is 9.63. The lowest BCUT2D eigenvalue weighted by atomic mass is 10.0. The van der Waals surface area contributed by atoms with Gasteiger partial charge in [0, 0.05) is 31.2 Å². The highest BCUT2D eigenvalue weighted by molar-refractivity contribution is 6.19. The number of carbonyl (C=O) groups is 1. The minimum Gasteiger partial charge on any atom is -0.342 e. The Morgan fingerprint density at radius 2 is 2.10 bits per heavy atom. The van der Waals surface area contributed by atoms with Crippen LogP contribution in [-0.2, 0) is 11.8 Å². The van der Waals surface area contributed by atoms with Crippen molar-refractivity contribution < 1.29 is 4.79 Å². The zero-order chi connectivity index (χ0) is 14.5. The van der Waals surface area contributed by atoms with E-state index in [4.69, 9.17) is 11.6 Å². The summed E-state index contributed by atoms with van der Waals surface area (Å²) in [6.45, 7) is 1.81. The van der Waals surface area contributed by atoms with Gasteiger partial charge in [0.05, 0.1) is 0 Å². The number of benzene rings is 1. The van der Waals surface area contributed by atoms with Crippen molar-refractivity contribution in [2.45, 2.75) is 13.0 Å². The van der Waals surface area contributed by atoms with Gasteiger partial charge in [-0.2, -0.15) is 0 Å². The van der Waals surface area contributed by atoms with Crippen LogP contribution in [0.5, 0.6) is 0 Å². The van der Waals surface area contributed by atoms with Gasteiger partial charge in [0.1, 0.15) is 11.9 Å². The van der Waals surface area contributed by atoms with E-state index in [1.807, 2.05) is 55.1 Å². The third kappa shape index (κ3) is 3.20. The van der Waals surface area contributed by atoms with Crippen LogP contribution in [0, 0.1) is 5.92 Å². The molecule has 20 heavy (non-hydrogen) atoms. The van der Waals surface area contributed by atoms with Crippen LogP contribution in [0.1, 0.15) is 24.4 Å². The molecule has 0 aliphatic carbocycles. The minimum atomic E-state index is -0.269. The van der Waals surface area contributed by atoms with Crippen molar-refractivity contribution in [2.24, 2.45) is 13.0 Å². The normalized spacial score (nSPS) is 13.8. The molecule has 0 spiro atoms. The van der Waals surface area contributed by atoms with E-state index in [0.717, 1.165) is 11.4 Å². The third-order valence-electron chi connectivity index (χ3n) is 3.22. The van der Waals surface area contributed by atoms with Gasteiger partial charge in [0.15, 0.2) is 0 Å². The molecule has 0 saturated carbocycles. The number of rotatable bonds is 5. The van der Waals surface area contributed by atoms with E-state index < -0.39 is 0 Å². The summed E-state index contributed by atoms with van der Waals surface area (Å²) < 4.78 is 1.91. The Labute approximate surface area is 123 Å².